The molecular weight excluding hydrogens is 323 g/mol. The monoisotopic (exact) mass is 352 g/mol. The van der Waals surface area contributed by atoms with E-state index in [1.807, 2.05) is 0 Å². The van der Waals surface area contributed by atoms with E-state index < -0.39 is 8.07 Å². The predicted molar refractivity (Wildman–Crippen MR) is 113 cm³/mol. The molecule has 0 N–H and O–H groups in total. The summed E-state index contributed by atoms with van der Waals surface area (Å²) in [6.07, 6.45) is 8.67. The van der Waals surface area contributed by atoms with Crippen LogP contribution in [0.4, 0.5) is 0 Å². The Morgan fingerprint density at radius 1 is 0.962 bits per heavy atom. The quantitative estimate of drug-likeness (QED) is 0.732. The molecular formula is C24H29LiSi. The van der Waals surface area contributed by atoms with Crippen molar-refractivity contribution in [3.63, 3.8) is 0 Å². The van der Waals surface area contributed by atoms with Crippen molar-refractivity contribution in [1.82, 2.24) is 0 Å². The molecule has 0 radical (unpaired) electrons. The summed E-state index contributed by atoms with van der Waals surface area (Å²) in [5.74, 6) is 0.641. The van der Waals surface area contributed by atoms with Gasteiger partial charge in [-0.25, -0.2) is 0 Å². The first-order valence-corrected chi connectivity index (χ1v) is 12.8. The van der Waals surface area contributed by atoms with Crippen molar-refractivity contribution in [2.45, 2.75) is 44.4 Å². The summed E-state index contributed by atoms with van der Waals surface area (Å²) < 4.78 is 0. The average Bonchev–Trinajstić information content (AvgIpc) is 3.23. The molecule has 2 aliphatic rings. The van der Waals surface area contributed by atoms with E-state index in [9.17, 15) is 0 Å². The van der Waals surface area contributed by atoms with Gasteiger partial charge < -0.3 is 1.43 Å². The fourth-order valence-electron chi connectivity index (χ4n) is 4.75. The molecule has 0 fully saturated rings. The third kappa shape index (κ3) is 3.01. The minimum absolute atomic E-state index is 0. The molecule has 3 atom stereocenters. The second-order valence-corrected chi connectivity index (χ2v) is 13.2. The number of benzene rings is 2. The van der Waals surface area contributed by atoms with Crippen LogP contribution in [0.5, 0.6) is 0 Å². The zero-order valence-electron chi connectivity index (χ0n) is 17.8. The van der Waals surface area contributed by atoms with Gasteiger partial charge in [0.05, 0.1) is 8.07 Å². The molecule has 2 heteroatoms. The maximum Gasteiger partial charge on any atom is 1.00 e. The second kappa shape index (κ2) is 7.39. The zero-order valence-corrected chi connectivity index (χ0v) is 17.8. The van der Waals surface area contributed by atoms with E-state index in [0.29, 0.717) is 17.0 Å². The third-order valence-corrected chi connectivity index (χ3v) is 10.7. The summed E-state index contributed by atoms with van der Waals surface area (Å²) in [6.45, 7) is 9.85. The van der Waals surface area contributed by atoms with Crippen LogP contribution in [0.2, 0.25) is 13.1 Å². The molecule has 4 rings (SSSR count). The number of allylic oxidation sites excluding steroid dienone is 3. The predicted octanol–water partition coefficient (Wildman–Crippen LogP) is 3.93. The molecule has 2 aromatic rings. The number of fused-ring (bicyclic) bond motifs is 2. The van der Waals surface area contributed by atoms with E-state index >= 15 is 0 Å². The van der Waals surface area contributed by atoms with Crippen LogP contribution in [0.1, 0.15) is 55.0 Å². The van der Waals surface area contributed by atoms with Crippen molar-refractivity contribution in [3.05, 3.63) is 82.9 Å². The summed E-state index contributed by atoms with van der Waals surface area (Å²) in [7, 11) is -1.60. The second-order valence-electron chi connectivity index (χ2n) is 8.28. The van der Waals surface area contributed by atoms with Crippen LogP contribution in [-0.4, -0.2) is 8.07 Å². The molecule has 3 unspecified atom stereocenters. The van der Waals surface area contributed by atoms with Crippen molar-refractivity contribution in [3.8, 4) is 0 Å². The van der Waals surface area contributed by atoms with Crippen LogP contribution in [0.25, 0.3) is 11.6 Å². The van der Waals surface area contributed by atoms with Gasteiger partial charge in [-0.15, -0.1) is 0 Å². The molecule has 0 amide bonds. The van der Waals surface area contributed by atoms with E-state index in [-0.39, 0.29) is 20.3 Å². The summed E-state index contributed by atoms with van der Waals surface area (Å²) in [6, 6.07) is 18.1. The van der Waals surface area contributed by atoms with Crippen LogP contribution in [0.15, 0.2) is 60.7 Å². The maximum atomic E-state index is 2.64. The Bertz CT molecular complexity index is 868. The first-order chi connectivity index (χ1) is 12.0. The van der Waals surface area contributed by atoms with E-state index in [1.54, 1.807) is 16.7 Å². The minimum Gasteiger partial charge on any atom is -1.00 e. The van der Waals surface area contributed by atoms with Gasteiger partial charge in [-0.05, 0) is 51.2 Å². The zero-order chi connectivity index (χ0) is 17.6. The normalized spacial score (nSPS) is 21.6. The van der Waals surface area contributed by atoms with Gasteiger partial charge in [0.25, 0.3) is 0 Å². The van der Waals surface area contributed by atoms with Gasteiger partial charge >= 0.3 is 18.9 Å². The van der Waals surface area contributed by atoms with Crippen molar-refractivity contribution in [2.75, 3.05) is 0 Å². The van der Waals surface area contributed by atoms with Crippen molar-refractivity contribution < 1.29 is 20.3 Å². The largest absolute Gasteiger partial charge is 1.00 e. The molecule has 0 bridgehead atoms. The van der Waals surface area contributed by atoms with Gasteiger partial charge in [0, 0.05) is 0 Å². The summed E-state index contributed by atoms with van der Waals surface area (Å²) in [5.41, 5.74) is 8.85. The maximum absolute atomic E-state index is 2.64. The van der Waals surface area contributed by atoms with Crippen LogP contribution >= 0.6 is 0 Å². The van der Waals surface area contributed by atoms with Crippen LogP contribution in [-0.2, 0) is 0 Å². The Morgan fingerprint density at radius 3 is 2.35 bits per heavy atom. The molecule has 0 spiro atoms. The third-order valence-electron chi connectivity index (χ3n) is 6.50. The van der Waals surface area contributed by atoms with Crippen molar-refractivity contribution in [2.24, 2.45) is 5.92 Å². The van der Waals surface area contributed by atoms with Crippen LogP contribution in [0, 0.1) is 5.92 Å². The molecule has 2 aliphatic carbocycles. The Kier molecular flexibility index (Phi) is 5.54. The first-order valence-electron chi connectivity index (χ1n) is 9.62. The number of hydrogen-bond donors (Lipinski definition) is 0. The van der Waals surface area contributed by atoms with Crippen LogP contribution in [0.3, 0.4) is 0 Å². The van der Waals surface area contributed by atoms with Gasteiger partial charge in [-0.2, -0.15) is 0 Å². The Labute approximate surface area is 173 Å². The Morgan fingerprint density at radius 2 is 1.62 bits per heavy atom. The van der Waals surface area contributed by atoms with Crippen molar-refractivity contribution in [1.29, 1.82) is 0 Å². The molecule has 130 valence electrons. The Hall–Kier alpha value is -1.27. The fourth-order valence-corrected chi connectivity index (χ4v) is 8.45. The average molecular weight is 353 g/mol. The van der Waals surface area contributed by atoms with Gasteiger partial charge in [0.15, 0.2) is 0 Å². The minimum atomic E-state index is -1.60. The van der Waals surface area contributed by atoms with Gasteiger partial charge in [-0.3, -0.25) is 0 Å². The first kappa shape index (κ1) is 19.5. The Balaban J connectivity index is 0.00000131. The summed E-state index contributed by atoms with van der Waals surface area (Å²) in [5, 5.41) is 0. The summed E-state index contributed by atoms with van der Waals surface area (Å²) >= 11 is 0. The molecule has 0 aliphatic heterocycles. The van der Waals surface area contributed by atoms with E-state index in [0.717, 1.165) is 0 Å². The molecule has 0 heterocycles. The van der Waals surface area contributed by atoms with Gasteiger partial charge in [0.1, 0.15) is 0 Å². The molecule has 0 nitrogen and oxygen atoms in total. The number of hydrogen-bond acceptors (Lipinski definition) is 0. The fraction of sp³-hybridized carbons (Fsp3) is 0.333. The van der Waals surface area contributed by atoms with Crippen LogP contribution < -0.4 is 18.9 Å². The van der Waals surface area contributed by atoms with E-state index in [4.69, 9.17) is 0 Å². The van der Waals surface area contributed by atoms with E-state index in [1.165, 1.54) is 17.5 Å². The van der Waals surface area contributed by atoms with Gasteiger partial charge in [0.2, 0.25) is 0 Å². The number of rotatable bonds is 4. The summed E-state index contributed by atoms with van der Waals surface area (Å²) in [4.78, 5) is 0. The topological polar surface area (TPSA) is 0 Å². The molecule has 0 saturated carbocycles. The van der Waals surface area contributed by atoms with Gasteiger partial charge in [-0.1, -0.05) is 93.7 Å². The standard InChI is InChI=1S/C24H28Si.Li.H/c1-5-17(2)22-16-24(21-13-9-8-12-20(21)22)25(3,4)23-15-14-18-10-6-7-11-19(18)23;;/h6-17,23-24H,5H2,1-4H3;;/q;+1;-1. The molecule has 0 aromatic heterocycles. The van der Waals surface area contributed by atoms with Crippen molar-refractivity contribution >= 4 is 19.7 Å². The molecule has 0 saturated heterocycles. The SMILES string of the molecule is CCC(C)C1=CC([Si](C)(C)C2C=Cc3ccccc32)c2ccccc21.[H-].[Li+]. The van der Waals surface area contributed by atoms with E-state index in [2.05, 4.69) is 93.7 Å². The molecule has 26 heavy (non-hydrogen) atoms. The smallest absolute Gasteiger partial charge is 1.00 e. The molecule has 2 aromatic carbocycles.